The Bertz CT molecular complexity index is 953. The Hall–Kier alpha value is -3.39. The number of carboxylic acids is 1. The van der Waals surface area contributed by atoms with Gasteiger partial charge in [0.15, 0.2) is 0 Å². The molecule has 2 aromatic rings. The fourth-order valence-electron chi connectivity index (χ4n) is 2.70. The van der Waals surface area contributed by atoms with Crippen LogP contribution in [-0.2, 0) is 4.79 Å². The molecule has 0 aliphatic carbocycles. The van der Waals surface area contributed by atoms with Gasteiger partial charge in [-0.05, 0) is 18.2 Å². The highest BCUT2D eigenvalue weighted by Gasteiger charge is 2.36. The Morgan fingerprint density at radius 1 is 1.15 bits per heavy atom. The van der Waals surface area contributed by atoms with Crippen LogP contribution in [0.25, 0.3) is 0 Å². The van der Waals surface area contributed by atoms with Crippen molar-refractivity contribution in [2.24, 2.45) is 0 Å². The molecule has 0 unspecified atom stereocenters. The molecule has 0 bridgehead atoms. The average Bonchev–Trinajstić information content (AvgIpc) is 2.88. The second-order valence-corrected chi connectivity index (χ2v) is 6.03. The van der Waals surface area contributed by atoms with Crippen LogP contribution >= 0.6 is 11.6 Å². The Morgan fingerprint density at radius 3 is 2.26 bits per heavy atom. The van der Waals surface area contributed by atoms with E-state index >= 15 is 0 Å². The van der Waals surface area contributed by atoms with Crippen LogP contribution in [0.5, 0.6) is 5.75 Å². The van der Waals surface area contributed by atoms with Gasteiger partial charge in [-0.3, -0.25) is 19.3 Å². The summed E-state index contributed by atoms with van der Waals surface area (Å²) in [5.74, 6) is -3.02. The molecular weight excluding hydrogens is 376 g/mol. The monoisotopic (exact) mass is 388 g/mol. The molecule has 0 saturated heterocycles. The first-order valence-corrected chi connectivity index (χ1v) is 8.07. The van der Waals surface area contributed by atoms with Crippen molar-refractivity contribution >= 4 is 41.0 Å². The summed E-state index contributed by atoms with van der Waals surface area (Å²) in [6.07, 6.45) is 0. The van der Waals surface area contributed by atoms with Crippen LogP contribution in [0.15, 0.2) is 36.4 Å². The van der Waals surface area contributed by atoms with Gasteiger partial charge in [0.05, 0.1) is 28.9 Å². The van der Waals surface area contributed by atoms with Gasteiger partial charge in [-0.2, -0.15) is 0 Å². The number of ether oxygens (including phenoxy) is 1. The van der Waals surface area contributed by atoms with E-state index in [1.807, 2.05) is 0 Å². The average molecular weight is 389 g/mol. The van der Waals surface area contributed by atoms with Gasteiger partial charge in [-0.1, -0.05) is 23.7 Å². The van der Waals surface area contributed by atoms with E-state index in [4.69, 9.17) is 21.4 Å². The molecule has 138 valence electrons. The number of rotatable bonds is 5. The van der Waals surface area contributed by atoms with Crippen molar-refractivity contribution in [1.29, 1.82) is 0 Å². The van der Waals surface area contributed by atoms with Crippen molar-refractivity contribution in [3.8, 4) is 5.75 Å². The first kappa shape index (κ1) is 18.4. The number of imide groups is 1. The molecule has 0 aromatic heterocycles. The predicted octanol–water partition coefficient (Wildman–Crippen LogP) is 2.28. The molecule has 3 rings (SSSR count). The smallest absolute Gasteiger partial charge is 0.339 e. The molecule has 8 nitrogen and oxygen atoms in total. The number of fused-ring (bicyclic) bond motifs is 1. The molecule has 0 radical (unpaired) electrons. The summed E-state index contributed by atoms with van der Waals surface area (Å²) in [6.45, 7) is -0.508. The lowest BCUT2D eigenvalue weighted by molar-refractivity contribution is -0.116. The number of aromatic carboxylic acids is 1. The molecule has 0 spiro atoms. The summed E-state index contributed by atoms with van der Waals surface area (Å²) in [5, 5.41) is 11.6. The molecule has 0 atom stereocenters. The minimum atomic E-state index is -1.24. The van der Waals surface area contributed by atoms with Crippen LogP contribution in [0.3, 0.4) is 0 Å². The number of nitrogens with one attached hydrogen (secondary N) is 1. The number of hydrogen-bond donors (Lipinski definition) is 2. The summed E-state index contributed by atoms with van der Waals surface area (Å²) in [5.41, 5.74) is 0.405. The van der Waals surface area contributed by atoms with E-state index in [2.05, 4.69) is 5.32 Å². The standard InChI is InChI=1S/C18H13ClN2O6/c1-27-14-7-13(12(19)6-11(14)18(25)26)20-15(22)8-21-16(23)9-4-2-3-5-10(9)17(21)24/h2-7H,8H2,1H3,(H,20,22)(H,25,26). The largest absolute Gasteiger partial charge is 0.496 e. The highest BCUT2D eigenvalue weighted by atomic mass is 35.5. The lowest BCUT2D eigenvalue weighted by Crippen LogP contribution is -2.37. The summed E-state index contributed by atoms with van der Waals surface area (Å²) >= 11 is 6.01. The second-order valence-electron chi connectivity index (χ2n) is 5.63. The highest BCUT2D eigenvalue weighted by molar-refractivity contribution is 6.34. The fourth-order valence-corrected chi connectivity index (χ4v) is 2.91. The van der Waals surface area contributed by atoms with E-state index in [0.29, 0.717) is 0 Å². The van der Waals surface area contributed by atoms with Crippen molar-refractivity contribution in [1.82, 2.24) is 4.90 Å². The number of carboxylic acid groups (broad SMARTS) is 1. The van der Waals surface area contributed by atoms with Gasteiger partial charge in [0.2, 0.25) is 5.91 Å². The van der Waals surface area contributed by atoms with E-state index < -0.39 is 30.2 Å². The molecule has 1 heterocycles. The first-order chi connectivity index (χ1) is 12.8. The molecule has 27 heavy (non-hydrogen) atoms. The van der Waals surface area contributed by atoms with Gasteiger partial charge >= 0.3 is 5.97 Å². The van der Waals surface area contributed by atoms with E-state index in [-0.39, 0.29) is 33.1 Å². The number of anilines is 1. The highest BCUT2D eigenvalue weighted by Crippen LogP contribution is 2.31. The van der Waals surface area contributed by atoms with Crippen LogP contribution < -0.4 is 10.1 Å². The number of halogens is 1. The zero-order valence-corrected chi connectivity index (χ0v) is 14.7. The number of methoxy groups -OCH3 is 1. The number of carbonyl (C=O) groups excluding carboxylic acids is 3. The van der Waals surface area contributed by atoms with Crippen molar-refractivity contribution in [3.63, 3.8) is 0 Å². The lowest BCUT2D eigenvalue weighted by atomic mass is 10.1. The van der Waals surface area contributed by atoms with E-state index in [0.717, 1.165) is 11.0 Å². The summed E-state index contributed by atoms with van der Waals surface area (Å²) in [4.78, 5) is 48.9. The molecule has 9 heteroatoms. The molecule has 0 saturated carbocycles. The Kier molecular flexibility index (Phi) is 4.83. The van der Waals surface area contributed by atoms with Crippen molar-refractivity contribution in [3.05, 3.63) is 58.1 Å². The molecule has 1 aliphatic rings. The van der Waals surface area contributed by atoms with Crippen LogP contribution in [0.4, 0.5) is 5.69 Å². The number of hydrogen-bond acceptors (Lipinski definition) is 5. The van der Waals surface area contributed by atoms with Gasteiger partial charge in [-0.15, -0.1) is 0 Å². The van der Waals surface area contributed by atoms with E-state index in [9.17, 15) is 19.2 Å². The minimum absolute atomic E-state index is 0.00271. The van der Waals surface area contributed by atoms with Crippen LogP contribution in [0, 0.1) is 0 Å². The maximum absolute atomic E-state index is 12.3. The van der Waals surface area contributed by atoms with Crippen molar-refractivity contribution in [2.75, 3.05) is 19.0 Å². The van der Waals surface area contributed by atoms with Gasteiger partial charge < -0.3 is 15.2 Å². The Morgan fingerprint density at radius 2 is 1.74 bits per heavy atom. The van der Waals surface area contributed by atoms with Crippen LogP contribution in [0.2, 0.25) is 5.02 Å². The van der Waals surface area contributed by atoms with Crippen LogP contribution in [0.1, 0.15) is 31.1 Å². The molecule has 1 aliphatic heterocycles. The fraction of sp³-hybridized carbons (Fsp3) is 0.111. The zero-order chi connectivity index (χ0) is 19.7. The molecule has 0 fully saturated rings. The van der Waals surface area contributed by atoms with Gasteiger partial charge in [0.1, 0.15) is 17.9 Å². The second kappa shape index (κ2) is 7.08. The quantitative estimate of drug-likeness (QED) is 0.760. The molecule has 2 aromatic carbocycles. The molecule has 2 N–H and O–H groups in total. The third kappa shape index (κ3) is 3.34. The first-order valence-electron chi connectivity index (χ1n) is 7.69. The summed E-state index contributed by atoms with van der Waals surface area (Å²) in [6, 6.07) is 8.68. The normalized spacial score (nSPS) is 12.7. The SMILES string of the molecule is COc1cc(NC(=O)CN2C(=O)c3ccccc3C2=O)c(Cl)cc1C(=O)O. The zero-order valence-electron chi connectivity index (χ0n) is 14.0. The molecular formula is C18H13ClN2O6. The topological polar surface area (TPSA) is 113 Å². The van der Waals surface area contributed by atoms with Gasteiger partial charge in [0.25, 0.3) is 11.8 Å². The van der Waals surface area contributed by atoms with Crippen LogP contribution in [-0.4, -0.2) is 47.4 Å². The Balaban J connectivity index is 1.78. The summed E-state index contributed by atoms with van der Waals surface area (Å²) in [7, 11) is 1.28. The predicted molar refractivity (Wildman–Crippen MR) is 95.4 cm³/mol. The minimum Gasteiger partial charge on any atom is -0.496 e. The third-order valence-corrected chi connectivity index (χ3v) is 4.29. The number of nitrogens with zero attached hydrogens (tertiary/aromatic N) is 1. The molecule has 3 amide bonds. The summed E-state index contributed by atoms with van der Waals surface area (Å²) < 4.78 is 4.98. The number of benzene rings is 2. The van der Waals surface area contributed by atoms with Crippen molar-refractivity contribution in [2.45, 2.75) is 0 Å². The maximum Gasteiger partial charge on any atom is 0.339 e. The van der Waals surface area contributed by atoms with Crippen molar-refractivity contribution < 1.29 is 29.0 Å². The van der Waals surface area contributed by atoms with E-state index in [1.165, 1.54) is 25.3 Å². The van der Waals surface area contributed by atoms with E-state index in [1.54, 1.807) is 12.1 Å². The third-order valence-electron chi connectivity index (χ3n) is 3.97. The maximum atomic E-state index is 12.3. The van der Waals surface area contributed by atoms with Gasteiger partial charge in [-0.25, -0.2) is 4.79 Å². The Labute approximate surface area is 158 Å². The number of amides is 3. The lowest BCUT2D eigenvalue weighted by Gasteiger charge is -2.15. The van der Waals surface area contributed by atoms with Gasteiger partial charge in [0, 0.05) is 6.07 Å². The number of carbonyl (C=O) groups is 4.